The SMILES string of the molecule is O=C(O)CC1=NCC(c2ccc(O)cc2)O1. The number of hydrogen-bond acceptors (Lipinski definition) is 4. The average Bonchev–Trinajstić information content (AvgIpc) is 2.66. The van der Waals surface area contributed by atoms with Gasteiger partial charge in [-0.3, -0.25) is 9.79 Å². The highest BCUT2D eigenvalue weighted by Crippen LogP contribution is 2.25. The molecule has 0 bridgehead atoms. The molecule has 0 aliphatic carbocycles. The van der Waals surface area contributed by atoms with E-state index < -0.39 is 5.97 Å². The Morgan fingerprint density at radius 2 is 2.12 bits per heavy atom. The van der Waals surface area contributed by atoms with Crippen molar-refractivity contribution in [2.24, 2.45) is 4.99 Å². The second-order valence-electron chi connectivity index (χ2n) is 3.50. The number of rotatable bonds is 3. The third-order valence-corrected chi connectivity index (χ3v) is 2.28. The van der Waals surface area contributed by atoms with Crippen LogP contribution in [0.5, 0.6) is 5.75 Å². The number of carbonyl (C=O) groups is 1. The van der Waals surface area contributed by atoms with Crippen molar-refractivity contribution in [3.05, 3.63) is 29.8 Å². The number of benzene rings is 1. The molecule has 2 N–H and O–H groups in total. The van der Waals surface area contributed by atoms with Gasteiger partial charge >= 0.3 is 5.97 Å². The monoisotopic (exact) mass is 221 g/mol. The van der Waals surface area contributed by atoms with Crippen LogP contribution in [0.25, 0.3) is 0 Å². The molecular weight excluding hydrogens is 210 g/mol. The lowest BCUT2D eigenvalue weighted by Gasteiger charge is -2.10. The lowest BCUT2D eigenvalue weighted by Crippen LogP contribution is -2.09. The van der Waals surface area contributed by atoms with Crippen molar-refractivity contribution in [2.45, 2.75) is 12.5 Å². The molecule has 0 saturated heterocycles. The number of phenolic OH excluding ortho intramolecular Hbond substituents is 1. The standard InChI is InChI=1S/C11H11NO4/c13-8-3-1-7(2-4-8)9-6-12-10(16-9)5-11(14)15/h1-4,9,13H,5-6H2,(H,14,15). The van der Waals surface area contributed by atoms with Gasteiger partial charge in [0.2, 0.25) is 0 Å². The summed E-state index contributed by atoms with van der Waals surface area (Å²) in [6.45, 7) is 0.424. The number of aliphatic carboxylic acids is 1. The van der Waals surface area contributed by atoms with Crippen LogP contribution in [0.3, 0.4) is 0 Å². The summed E-state index contributed by atoms with van der Waals surface area (Å²) in [6, 6.07) is 6.60. The number of hydrogen-bond donors (Lipinski definition) is 2. The largest absolute Gasteiger partial charge is 0.508 e. The molecule has 1 aliphatic heterocycles. The Kier molecular flexibility index (Phi) is 2.76. The average molecular weight is 221 g/mol. The zero-order valence-electron chi connectivity index (χ0n) is 8.46. The van der Waals surface area contributed by atoms with Crippen LogP contribution < -0.4 is 0 Å². The van der Waals surface area contributed by atoms with Gasteiger partial charge in [0.25, 0.3) is 0 Å². The van der Waals surface area contributed by atoms with Crippen LogP contribution in [0.2, 0.25) is 0 Å². The summed E-state index contributed by atoms with van der Waals surface area (Å²) in [6.07, 6.45) is -0.427. The van der Waals surface area contributed by atoms with Gasteiger partial charge in [-0.15, -0.1) is 0 Å². The van der Waals surface area contributed by atoms with E-state index in [0.717, 1.165) is 5.56 Å². The normalized spacial score (nSPS) is 19.0. The smallest absolute Gasteiger partial charge is 0.312 e. The minimum absolute atomic E-state index is 0.186. The quantitative estimate of drug-likeness (QED) is 0.807. The predicted molar refractivity (Wildman–Crippen MR) is 56.5 cm³/mol. The Hall–Kier alpha value is -2.04. The molecule has 1 heterocycles. The van der Waals surface area contributed by atoms with Crippen molar-refractivity contribution in [3.63, 3.8) is 0 Å². The molecule has 1 atom stereocenters. The molecule has 0 aromatic heterocycles. The highest BCUT2D eigenvalue weighted by atomic mass is 16.5. The Morgan fingerprint density at radius 1 is 1.44 bits per heavy atom. The molecule has 0 amide bonds. The molecule has 1 aliphatic rings. The first-order chi connectivity index (χ1) is 7.65. The molecule has 0 saturated carbocycles. The summed E-state index contributed by atoms with van der Waals surface area (Å²) in [4.78, 5) is 14.5. The van der Waals surface area contributed by atoms with Gasteiger partial charge in [0.05, 0.1) is 6.54 Å². The van der Waals surface area contributed by atoms with Gasteiger partial charge in [0, 0.05) is 0 Å². The third-order valence-electron chi connectivity index (χ3n) is 2.28. The summed E-state index contributed by atoms with van der Waals surface area (Å²) in [5.74, 6) is -0.510. The molecule has 0 fully saturated rings. The van der Waals surface area contributed by atoms with Crippen LogP contribution in [0.1, 0.15) is 18.1 Å². The second kappa shape index (κ2) is 4.22. The number of nitrogens with zero attached hydrogens (tertiary/aromatic N) is 1. The van der Waals surface area contributed by atoms with E-state index in [1.54, 1.807) is 24.3 Å². The Balaban J connectivity index is 2.00. The Labute approximate surface area is 92.0 Å². The van der Waals surface area contributed by atoms with Crippen molar-refractivity contribution in [2.75, 3.05) is 6.54 Å². The summed E-state index contributed by atoms with van der Waals surface area (Å²) in [5, 5.41) is 17.7. The topological polar surface area (TPSA) is 79.1 Å². The number of ether oxygens (including phenoxy) is 1. The van der Waals surface area contributed by atoms with E-state index in [2.05, 4.69) is 4.99 Å². The predicted octanol–water partition coefficient (Wildman–Crippen LogP) is 1.34. The molecule has 5 heteroatoms. The van der Waals surface area contributed by atoms with Gasteiger partial charge in [0.1, 0.15) is 18.3 Å². The molecule has 1 unspecified atom stereocenters. The van der Waals surface area contributed by atoms with Crippen molar-refractivity contribution in [1.29, 1.82) is 0 Å². The van der Waals surface area contributed by atoms with Crippen LogP contribution in [0.15, 0.2) is 29.3 Å². The van der Waals surface area contributed by atoms with E-state index in [9.17, 15) is 4.79 Å². The van der Waals surface area contributed by atoms with Gasteiger partial charge in [-0.25, -0.2) is 0 Å². The molecule has 2 rings (SSSR count). The van der Waals surface area contributed by atoms with Gasteiger partial charge in [0.15, 0.2) is 5.90 Å². The van der Waals surface area contributed by atoms with E-state index in [-0.39, 0.29) is 24.2 Å². The fourth-order valence-corrected chi connectivity index (χ4v) is 1.51. The number of phenols is 1. The van der Waals surface area contributed by atoms with Gasteiger partial charge in [-0.1, -0.05) is 12.1 Å². The summed E-state index contributed by atoms with van der Waals surface area (Å²) < 4.78 is 5.39. The van der Waals surface area contributed by atoms with Crippen LogP contribution in [-0.4, -0.2) is 28.6 Å². The van der Waals surface area contributed by atoms with E-state index in [1.165, 1.54) is 0 Å². The first-order valence-corrected chi connectivity index (χ1v) is 4.86. The molecular formula is C11H11NO4. The van der Waals surface area contributed by atoms with Crippen LogP contribution in [0, 0.1) is 0 Å². The highest BCUT2D eigenvalue weighted by Gasteiger charge is 2.22. The molecule has 84 valence electrons. The van der Waals surface area contributed by atoms with Crippen molar-refractivity contribution in [1.82, 2.24) is 0 Å². The van der Waals surface area contributed by atoms with Crippen LogP contribution in [0.4, 0.5) is 0 Å². The van der Waals surface area contributed by atoms with E-state index in [0.29, 0.717) is 6.54 Å². The van der Waals surface area contributed by atoms with Crippen molar-refractivity contribution < 1.29 is 19.7 Å². The first kappa shape index (κ1) is 10.5. The Bertz CT molecular complexity index is 424. The second-order valence-corrected chi connectivity index (χ2v) is 3.50. The summed E-state index contributed by atoms with van der Waals surface area (Å²) in [7, 11) is 0. The zero-order chi connectivity index (χ0) is 11.5. The van der Waals surface area contributed by atoms with E-state index >= 15 is 0 Å². The lowest BCUT2D eigenvalue weighted by atomic mass is 10.1. The minimum atomic E-state index is -0.954. The third kappa shape index (κ3) is 2.31. The highest BCUT2D eigenvalue weighted by molar-refractivity contribution is 5.94. The van der Waals surface area contributed by atoms with Crippen LogP contribution >= 0.6 is 0 Å². The van der Waals surface area contributed by atoms with Gasteiger partial charge in [-0.2, -0.15) is 0 Å². The van der Waals surface area contributed by atoms with Gasteiger partial charge in [-0.05, 0) is 17.7 Å². The molecule has 5 nitrogen and oxygen atoms in total. The van der Waals surface area contributed by atoms with Crippen molar-refractivity contribution >= 4 is 11.9 Å². The first-order valence-electron chi connectivity index (χ1n) is 4.86. The summed E-state index contributed by atoms with van der Waals surface area (Å²) in [5.41, 5.74) is 0.877. The fraction of sp³-hybridized carbons (Fsp3) is 0.273. The molecule has 1 aromatic rings. The van der Waals surface area contributed by atoms with E-state index in [4.69, 9.17) is 14.9 Å². The lowest BCUT2D eigenvalue weighted by molar-refractivity contribution is -0.135. The van der Waals surface area contributed by atoms with Crippen LogP contribution in [-0.2, 0) is 9.53 Å². The molecule has 16 heavy (non-hydrogen) atoms. The summed E-state index contributed by atoms with van der Waals surface area (Å²) >= 11 is 0. The molecule has 1 aromatic carbocycles. The maximum Gasteiger partial charge on any atom is 0.312 e. The number of aromatic hydroxyl groups is 1. The molecule has 0 radical (unpaired) electrons. The van der Waals surface area contributed by atoms with Crippen molar-refractivity contribution in [3.8, 4) is 5.75 Å². The zero-order valence-corrected chi connectivity index (χ0v) is 8.46. The maximum absolute atomic E-state index is 10.4. The number of carboxylic acid groups (broad SMARTS) is 1. The number of carboxylic acids is 1. The maximum atomic E-state index is 10.4. The van der Waals surface area contributed by atoms with Gasteiger partial charge < -0.3 is 14.9 Å². The minimum Gasteiger partial charge on any atom is -0.508 e. The van der Waals surface area contributed by atoms with E-state index in [1.807, 2.05) is 0 Å². The molecule has 0 spiro atoms. The fourth-order valence-electron chi connectivity index (χ4n) is 1.51. The Morgan fingerprint density at radius 3 is 2.75 bits per heavy atom. The number of aliphatic imine (C=N–C) groups is 1.